The van der Waals surface area contributed by atoms with Crippen LogP contribution in [0.25, 0.3) is 0 Å². The molecular formula is C19H22N2O2S. The van der Waals surface area contributed by atoms with Gasteiger partial charge in [-0.3, -0.25) is 4.90 Å². The maximum Gasteiger partial charge on any atom is 0.231 e. The van der Waals surface area contributed by atoms with Gasteiger partial charge in [0, 0.05) is 37.6 Å². The van der Waals surface area contributed by atoms with Crippen LogP contribution in [-0.2, 0) is 6.54 Å². The lowest BCUT2D eigenvalue weighted by Crippen LogP contribution is -2.46. The molecule has 5 heteroatoms. The minimum absolute atomic E-state index is 0.340. The van der Waals surface area contributed by atoms with Crippen molar-refractivity contribution < 1.29 is 9.47 Å². The molecule has 2 aliphatic heterocycles. The lowest BCUT2D eigenvalue weighted by molar-refractivity contribution is 0.174. The lowest BCUT2D eigenvalue weighted by atomic mass is 10.1. The van der Waals surface area contributed by atoms with Crippen molar-refractivity contribution in [3.05, 3.63) is 48.0 Å². The number of para-hydroxylation sites is 1. The molecule has 0 saturated carbocycles. The first-order valence-electron chi connectivity index (χ1n) is 8.32. The van der Waals surface area contributed by atoms with E-state index < -0.39 is 0 Å². The molecule has 2 heterocycles. The molecule has 1 fully saturated rings. The summed E-state index contributed by atoms with van der Waals surface area (Å²) in [5.41, 5.74) is 2.66. The van der Waals surface area contributed by atoms with E-state index in [4.69, 9.17) is 9.47 Å². The van der Waals surface area contributed by atoms with Gasteiger partial charge < -0.3 is 14.4 Å². The van der Waals surface area contributed by atoms with Crippen molar-refractivity contribution in [1.82, 2.24) is 4.90 Å². The normalized spacial score (nSPS) is 17.3. The Morgan fingerprint density at radius 3 is 2.58 bits per heavy atom. The van der Waals surface area contributed by atoms with Gasteiger partial charge in [0.05, 0.1) is 5.69 Å². The second kappa shape index (κ2) is 6.95. The van der Waals surface area contributed by atoms with Gasteiger partial charge in [-0.25, -0.2) is 0 Å². The molecule has 24 heavy (non-hydrogen) atoms. The highest BCUT2D eigenvalue weighted by molar-refractivity contribution is 7.98. The fourth-order valence-corrected chi connectivity index (χ4v) is 3.96. The van der Waals surface area contributed by atoms with E-state index in [1.807, 2.05) is 17.8 Å². The van der Waals surface area contributed by atoms with Crippen LogP contribution in [0.4, 0.5) is 5.69 Å². The molecule has 0 unspecified atom stereocenters. The number of piperazine rings is 1. The van der Waals surface area contributed by atoms with Gasteiger partial charge in [0.2, 0.25) is 6.79 Å². The fraction of sp³-hybridized carbons (Fsp3) is 0.368. The number of benzene rings is 2. The minimum Gasteiger partial charge on any atom is -0.454 e. The minimum atomic E-state index is 0.340. The van der Waals surface area contributed by atoms with Crippen molar-refractivity contribution in [2.45, 2.75) is 11.4 Å². The molecule has 0 radical (unpaired) electrons. The third kappa shape index (κ3) is 3.19. The quantitative estimate of drug-likeness (QED) is 0.793. The van der Waals surface area contributed by atoms with Crippen molar-refractivity contribution >= 4 is 17.4 Å². The van der Waals surface area contributed by atoms with E-state index in [2.05, 4.69) is 52.5 Å². The topological polar surface area (TPSA) is 24.9 Å². The Bertz CT molecular complexity index is 714. The van der Waals surface area contributed by atoms with Crippen LogP contribution in [0.3, 0.4) is 0 Å². The largest absolute Gasteiger partial charge is 0.454 e. The van der Waals surface area contributed by atoms with Gasteiger partial charge in [-0.15, -0.1) is 11.8 Å². The zero-order valence-electron chi connectivity index (χ0n) is 13.9. The first kappa shape index (κ1) is 15.7. The predicted molar refractivity (Wildman–Crippen MR) is 98.3 cm³/mol. The van der Waals surface area contributed by atoms with Crippen LogP contribution in [0, 0.1) is 0 Å². The summed E-state index contributed by atoms with van der Waals surface area (Å²) in [6.07, 6.45) is 2.15. The van der Waals surface area contributed by atoms with Gasteiger partial charge in [-0.2, -0.15) is 0 Å². The Hall–Kier alpha value is -1.85. The van der Waals surface area contributed by atoms with Crippen LogP contribution >= 0.6 is 11.8 Å². The van der Waals surface area contributed by atoms with Crippen LogP contribution in [0.5, 0.6) is 11.5 Å². The van der Waals surface area contributed by atoms with Crippen LogP contribution in [0.1, 0.15) is 5.56 Å². The van der Waals surface area contributed by atoms with Crippen molar-refractivity contribution in [3.8, 4) is 11.5 Å². The van der Waals surface area contributed by atoms with E-state index in [1.165, 1.54) is 16.1 Å². The molecule has 2 aromatic rings. The molecular weight excluding hydrogens is 320 g/mol. The summed E-state index contributed by atoms with van der Waals surface area (Å²) >= 11 is 1.82. The zero-order valence-corrected chi connectivity index (χ0v) is 14.7. The third-order valence-electron chi connectivity index (χ3n) is 4.64. The molecule has 0 amide bonds. The van der Waals surface area contributed by atoms with E-state index in [0.29, 0.717) is 6.79 Å². The molecule has 0 atom stereocenters. The van der Waals surface area contributed by atoms with Gasteiger partial charge in [-0.05, 0) is 36.1 Å². The Morgan fingerprint density at radius 2 is 1.75 bits per heavy atom. The molecule has 4 rings (SSSR count). The number of fused-ring (bicyclic) bond motifs is 1. The number of anilines is 1. The van der Waals surface area contributed by atoms with E-state index in [-0.39, 0.29) is 0 Å². The van der Waals surface area contributed by atoms with Gasteiger partial charge in [0.15, 0.2) is 11.5 Å². The second-order valence-corrected chi connectivity index (χ2v) is 6.97. The van der Waals surface area contributed by atoms with Gasteiger partial charge in [-0.1, -0.05) is 18.2 Å². The van der Waals surface area contributed by atoms with Crippen molar-refractivity contribution in [3.63, 3.8) is 0 Å². The highest BCUT2D eigenvalue weighted by atomic mass is 32.2. The maximum atomic E-state index is 5.48. The molecule has 126 valence electrons. The molecule has 0 aliphatic carbocycles. The van der Waals surface area contributed by atoms with E-state index in [1.54, 1.807) is 0 Å². The summed E-state index contributed by atoms with van der Waals surface area (Å²) in [6.45, 7) is 5.61. The van der Waals surface area contributed by atoms with Crippen LogP contribution < -0.4 is 14.4 Å². The molecule has 0 N–H and O–H groups in total. The monoisotopic (exact) mass is 342 g/mol. The van der Waals surface area contributed by atoms with Gasteiger partial charge >= 0.3 is 0 Å². The number of thioether (sulfide) groups is 1. The first-order chi connectivity index (χ1) is 11.8. The third-order valence-corrected chi connectivity index (χ3v) is 5.43. The van der Waals surface area contributed by atoms with Crippen molar-refractivity contribution in [2.75, 3.05) is 44.1 Å². The number of nitrogens with zero attached hydrogens (tertiary/aromatic N) is 2. The molecule has 4 nitrogen and oxygen atoms in total. The average Bonchev–Trinajstić information content (AvgIpc) is 3.10. The molecule has 0 aromatic heterocycles. The van der Waals surface area contributed by atoms with Gasteiger partial charge in [0.25, 0.3) is 0 Å². The van der Waals surface area contributed by atoms with E-state index in [9.17, 15) is 0 Å². The number of ether oxygens (including phenoxy) is 2. The fourth-order valence-electron chi connectivity index (χ4n) is 3.34. The molecule has 2 aromatic carbocycles. The van der Waals surface area contributed by atoms with Crippen LogP contribution in [-0.4, -0.2) is 44.1 Å². The van der Waals surface area contributed by atoms with Gasteiger partial charge in [0.1, 0.15) is 0 Å². The number of rotatable bonds is 4. The molecule has 0 bridgehead atoms. The predicted octanol–water partition coefficient (Wildman–Crippen LogP) is 3.46. The Kier molecular flexibility index (Phi) is 4.54. The summed E-state index contributed by atoms with van der Waals surface area (Å²) in [5, 5.41) is 0. The lowest BCUT2D eigenvalue weighted by Gasteiger charge is -2.36. The smallest absolute Gasteiger partial charge is 0.231 e. The SMILES string of the molecule is CSc1ccccc1N1CCN(Cc2ccc3c(c2)OCO3)CC1. The van der Waals surface area contributed by atoms with E-state index >= 15 is 0 Å². The summed E-state index contributed by atoms with van der Waals surface area (Å²) in [4.78, 5) is 6.37. The Balaban J connectivity index is 1.38. The van der Waals surface area contributed by atoms with E-state index in [0.717, 1.165) is 44.2 Å². The number of hydrogen-bond acceptors (Lipinski definition) is 5. The summed E-state index contributed by atoms with van der Waals surface area (Å²) in [7, 11) is 0. The first-order valence-corrected chi connectivity index (χ1v) is 9.55. The highest BCUT2D eigenvalue weighted by Gasteiger charge is 2.20. The summed E-state index contributed by atoms with van der Waals surface area (Å²) in [5.74, 6) is 1.73. The summed E-state index contributed by atoms with van der Waals surface area (Å²) < 4.78 is 10.9. The molecule has 0 spiro atoms. The molecule has 1 saturated heterocycles. The standard InChI is InChI=1S/C19H22N2O2S/c1-24-19-5-3-2-4-16(19)21-10-8-20(9-11-21)13-15-6-7-17-18(12-15)23-14-22-17/h2-7,12H,8-11,13-14H2,1H3. The summed E-state index contributed by atoms with van der Waals surface area (Å²) in [6, 6.07) is 15.0. The van der Waals surface area contributed by atoms with Crippen LogP contribution in [0.2, 0.25) is 0 Å². The second-order valence-electron chi connectivity index (χ2n) is 6.12. The van der Waals surface area contributed by atoms with Crippen molar-refractivity contribution in [2.24, 2.45) is 0 Å². The zero-order chi connectivity index (χ0) is 16.4. The Labute approximate surface area is 147 Å². The van der Waals surface area contributed by atoms with Crippen LogP contribution in [0.15, 0.2) is 47.4 Å². The maximum absolute atomic E-state index is 5.48. The highest BCUT2D eigenvalue weighted by Crippen LogP contribution is 2.33. The Morgan fingerprint density at radius 1 is 0.958 bits per heavy atom. The molecule has 2 aliphatic rings. The van der Waals surface area contributed by atoms with Crippen molar-refractivity contribution in [1.29, 1.82) is 0 Å². The number of hydrogen-bond donors (Lipinski definition) is 0. The average molecular weight is 342 g/mol.